The molecule has 2 heterocycles. The van der Waals surface area contributed by atoms with Crippen LogP contribution in [0.1, 0.15) is 24.6 Å². The van der Waals surface area contributed by atoms with Crippen LogP contribution in [0.4, 0.5) is 22.4 Å². The van der Waals surface area contributed by atoms with E-state index in [1.165, 1.54) is 0 Å². The molecule has 26 heavy (non-hydrogen) atoms. The number of halogens is 4. The highest BCUT2D eigenvalue weighted by molar-refractivity contribution is 5.75. The van der Waals surface area contributed by atoms with Crippen LogP contribution < -0.4 is 10.5 Å². The molecule has 1 amide bonds. The van der Waals surface area contributed by atoms with Crippen molar-refractivity contribution in [3.8, 4) is 17.0 Å². The molecule has 1 aliphatic heterocycles. The Labute approximate surface area is 145 Å². The normalized spacial score (nSPS) is 19.2. The van der Waals surface area contributed by atoms with Gasteiger partial charge in [0.25, 0.3) is 5.92 Å². The summed E-state index contributed by atoms with van der Waals surface area (Å²) in [5.41, 5.74) is 4.44. The smallest absolute Gasteiger partial charge is 0.406 e. The molecule has 1 aromatic heterocycles. The van der Waals surface area contributed by atoms with Crippen LogP contribution in [0.5, 0.6) is 5.75 Å². The molecule has 138 valence electrons. The Balaban J connectivity index is 2.08. The van der Waals surface area contributed by atoms with E-state index in [0.717, 1.165) is 24.5 Å². The van der Waals surface area contributed by atoms with Crippen LogP contribution in [-0.2, 0) is 4.74 Å². The molecule has 0 aliphatic carbocycles. The topological polar surface area (TPSA) is 87.3 Å². The number of hydrogen-bond donors (Lipinski definition) is 1. The molecule has 0 bridgehead atoms. The Kier molecular flexibility index (Phi) is 4.77. The second-order valence-electron chi connectivity index (χ2n) is 5.68. The van der Waals surface area contributed by atoms with E-state index in [1.54, 1.807) is 0 Å². The number of carbonyl (C=O) groups excluding carboxylic acids is 1. The Morgan fingerprint density at radius 1 is 1.31 bits per heavy atom. The number of rotatable bonds is 3. The van der Waals surface area contributed by atoms with Crippen LogP contribution >= 0.6 is 0 Å². The summed E-state index contributed by atoms with van der Waals surface area (Å²) in [4.78, 5) is 19.0. The fraction of sp³-hybridized carbons (Fsp3) is 0.312. The molecule has 0 saturated carbocycles. The molecule has 1 aromatic carbocycles. The van der Waals surface area contributed by atoms with Gasteiger partial charge in [0.2, 0.25) is 0 Å². The van der Waals surface area contributed by atoms with Crippen molar-refractivity contribution in [2.45, 2.75) is 24.9 Å². The standard InChI is InChI=1S/C16H13F4N3O3/c17-8-1-2-10(18)9(5-8)12-14(26-15(21)24)13(23-7-22-12)11-3-4-16(19,20)6-25-11/h1-2,5,7,11H,3-4,6H2,(H2,21,24). The number of alkyl halides is 2. The Hall–Kier alpha value is -2.75. The van der Waals surface area contributed by atoms with E-state index in [-0.39, 0.29) is 29.1 Å². The van der Waals surface area contributed by atoms with Crippen molar-refractivity contribution in [1.82, 2.24) is 9.97 Å². The molecule has 2 N–H and O–H groups in total. The van der Waals surface area contributed by atoms with E-state index in [9.17, 15) is 22.4 Å². The Morgan fingerprint density at radius 3 is 2.73 bits per heavy atom. The maximum atomic E-state index is 14.1. The van der Waals surface area contributed by atoms with E-state index < -0.39 is 42.8 Å². The predicted octanol–water partition coefficient (Wildman–Crippen LogP) is 3.37. The summed E-state index contributed by atoms with van der Waals surface area (Å²) in [6, 6.07) is 2.63. The van der Waals surface area contributed by atoms with Crippen LogP contribution in [0.25, 0.3) is 11.3 Å². The fourth-order valence-corrected chi connectivity index (χ4v) is 2.62. The molecule has 0 spiro atoms. The SMILES string of the molecule is NC(=O)Oc1c(-c2cc(F)ccc2F)ncnc1C1CCC(F)(F)CO1. The van der Waals surface area contributed by atoms with Gasteiger partial charge >= 0.3 is 6.09 Å². The maximum Gasteiger partial charge on any atom is 0.410 e. The molecule has 1 aliphatic rings. The number of primary amides is 1. The number of ether oxygens (including phenoxy) is 2. The summed E-state index contributed by atoms with van der Waals surface area (Å²) in [7, 11) is 0. The van der Waals surface area contributed by atoms with E-state index in [1.807, 2.05) is 0 Å². The van der Waals surface area contributed by atoms with Gasteiger partial charge in [0.05, 0.1) is 0 Å². The maximum absolute atomic E-state index is 14.1. The van der Waals surface area contributed by atoms with Gasteiger partial charge < -0.3 is 15.2 Å². The van der Waals surface area contributed by atoms with E-state index in [4.69, 9.17) is 15.2 Å². The van der Waals surface area contributed by atoms with Gasteiger partial charge in [-0.2, -0.15) is 0 Å². The molecule has 1 atom stereocenters. The van der Waals surface area contributed by atoms with Crippen molar-refractivity contribution in [2.75, 3.05) is 6.61 Å². The summed E-state index contributed by atoms with van der Waals surface area (Å²) in [5.74, 6) is -4.92. The van der Waals surface area contributed by atoms with Crippen molar-refractivity contribution in [3.05, 3.63) is 41.9 Å². The molecular formula is C16H13F4N3O3. The first kappa shape index (κ1) is 18.1. The summed E-state index contributed by atoms with van der Waals surface area (Å²) >= 11 is 0. The molecule has 2 aromatic rings. The van der Waals surface area contributed by atoms with E-state index in [2.05, 4.69) is 9.97 Å². The summed E-state index contributed by atoms with van der Waals surface area (Å²) in [6.45, 7) is -0.846. The van der Waals surface area contributed by atoms with Gasteiger partial charge in [-0.1, -0.05) is 0 Å². The zero-order chi connectivity index (χ0) is 18.9. The highest BCUT2D eigenvalue weighted by Gasteiger charge is 2.38. The van der Waals surface area contributed by atoms with Crippen LogP contribution in [0.3, 0.4) is 0 Å². The van der Waals surface area contributed by atoms with E-state index in [0.29, 0.717) is 0 Å². The first-order chi connectivity index (χ1) is 12.3. The molecule has 6 nitrogen and oxygen atoms in total. The van der Waals surface area contributed by atoms with Gasteiger partial charge in [0, 0.05) is 12.0 Å². The van der Waals surface area contributed by atoms with Crippen molar-refractivity contribution < 1.29 is 31.8 Å². The molecule has 1 unspecified atom stereocenters. The zero-order valence-electron chi connectivity index (χ0n) is 13.2. The summed E-state index contributed by atoms with van der Waals surface area (Å²) < 4.78 is 64.2. The lowest BCUT2D eigenvalue weighted by Crippen LogP contribution is -2.31. The highest BCUT2D eigenvalue weighted by Crippen LogP contribution is 2.41. The zero-order valence-corrected chi connectivity index (χ0v) is 13.2. The minimum Gasteiger partial charge on any atom is -0.406 e. The van der Waals surface area contributed by atoms with Crippen LogP contribution in [0, 0.1) is 11.6 Å². The number of nitrogens with two attached hydrogens (primary N) is 1. The molecule has 3 rings (SSSR count). The minimum absolute atomic E-state index is 0.0482. The summed E-state index contributed by atoms with van der Waals surface area (Å²) in [6.07, 6.45) is -1.77. The largest absolute Gasteiger partial charge is 0.410 e. The number of carbonyl (C=O) groups is 1. The number of aromatic nitrogens is 2. The van der Waals surface area contributed by atoms with Crippen LogP contribution in [-0.4, -0.2) is 28.6 Å². The number of nitrogens with zero attached hydrogens (tertiary/aromatic N) is 2. The van der Waals surface area contributed by atoms with E-state index >= 15 is 0 Å². The average Bonchev–Trinajstić information content (AvgIpc) is 2.57. The average molecular weight is 371 g/mol. The number of benzene rings is 1. The van der Waals surface area contributed by atoms with Gasteiger partial charge in [0.1, 0.15) is 42.1 Å². The molecule has 1 saturated heterocycles. The number of hydrogen-bond acceptors (Lipinski definition) is 5. The fourth-order valence-electron chi connectivity index (χ4n) is 2.62. The third kappa shape index (κ3) is 3.74. The first-order valence-corrected chi connectivity index (χ1v) is 7.54. The second-order valence-corrected chi connectivity index (χ2v) is 5.68. The monoisotopic (exact) mass is 371 g/mol. The second kappa shape index (κ2) is 6.87. The lowest BCUT2D eigenvalue weighted by atomic mass is 10.0. The predicted molar refractivity (Wildman–Crippen MR) is 80.5 cm³/mol. The quantitative estimate of drug-likeness (QED) is 0.836. The van der Waals surface area contributed by atoms with Crippen molar-refractivity contribution in [2.24, 2.45) is 5.73 Å². The molecule has 0 radical (unpaired) electrons. The Morgan fingerprint density at radius 2 is 2.08 bits per heavy atom. The van der Waals surface area contributed by atoms with Crippen molar-refractivity contribution in [3.63, 3.8) is 0 Å². The van der Waals surface area contributed by atoms with Crippen molar-refractivity contribution >= 4 is 6.09 Å². The Bertz CT molecular complexity index is 837. The molecule has 1 fully saturated rings. The van der Waals surface area contributed by atoms with Gasteiger partial charge in [-0.3, -0.25) is 0 Å². The molecular weight excluding hydrogens is 358 g/mol. The van der Waals surface area contributed by atoms with Gasteiger partial charge in [-0.15, -0.1) is 0 Å². The minimum atomic E-state index is -2.98. The number of amides is 1. The van der Waals surface area contributed by atoms with Gasteiger partial charge in [0.15, 0.2) is 5.75 Å². The molecule has 10 heteroatoms. The summed E-state index contributed by atoms with van der Waals surface area (Å²) in [5, 5.41) is 0. The van der Waals surface area contributed by atoms with Crippen LogP contribution in [0.15, 0.2) is 24.5 Å². The van der Waals surface area contributed by atoms with Crippen LogP contribution in [0.2, 0.25) is 0 Å². The first-order valence-electron chi connectivity index (χ1n) is 7.54. The lowest BCUT2D eigenvalue weighted by Gasteiger charge is -2.29. The highest BCUT2D eigenvalue weighted by atomic mass is 19.3. The van der Waals surface area contributed by atoms with Crippen molar-refractivity contribution in [1.29, 1.82) is 0 Å². The third-order valence-electron chi connectivity index (χ3n) is 3.79. The van der Waals surface area contributed by atoms with Gasteiger partial charge in [-0.05, 0) is 24.6 Å². The third-order valence-corrected chi connectivity index (χ3v) is 3.79. The lowest BCUT2D eigenvalue weighted by molar-refractivity contribution is -0.146. The van der Waals surface area contributed by atoms with Gasteiger partial charge in [-0.25, -0.2) is 32.3 Å².